The molecule has 2 N–H and O–H groups in total. The minimum absolute atomic E-state index is 0.0947. The smallest absolute Gasteiger partial charge is 0.263 e. The predicted octanol–water partition coefficient (Wildman–Crippen LogP) is 4.41. The molecule has 0 unspecified atom stereocenters. The van der Waals surface area contributed by atoms with E-state index < -0.39 is 11.5 Å². The van der Waals surface area contributed by atoms with Crippen molar-refractivity contribution in [2.75, 3.05) is 5.32 Å². The van der Waals surface area contributed by atoms with Crippen LogP contribution in [0.2, 0.25) is 0 Å². The molecule has 0 radical (unpaired) electrons. The second-order valence-corrected chi connectivity index (χ2v) is 7.82. The van der Waals surface area contributed by atoms with Crippen molar-refractivity contribution >= 4 is 22.4 Å². The number of carbonyl (C=O) groups excluding carboxylic acids is 1. The van der Waals surface area contributed by atoms with Crippen molar-refractivity contribution in [3.8, 4) is 11.3 Å². The molecule has 1 aliphatic carbocycles. The Labute approximate surface area is 161 Å². The highest BCUT2D eigenvalue weighted by molar-refractivity contribution is 7.15. The molecule has 0 spiro atoms. The molecule has 3 aromatic rings. The van der Waals surface area contributed by atoms with Crippen LogP contribution in [-0.2, 0) is 12.8 Å². The van der Waals surface area contributed by atoms with E-state index in [0.717, 1.165) is 30.5 Å². The quantitative estimate of drug-likeness (QED) is 0.708. The van der Waals surface area contributed by atoms with Gasteiger partial charge in [0, 0.05) is 10.6 Å². The number of anilines is 1. The lowest BCUT2D eigenvalue weighted by Crippen LogP contribution is -2.23. The molecule has 0 saturated heterocycles. The lowest BCUT2D eigenvalue weighted by Gasteiger charge is -2.06. The van der Waals surface area contributed by atoms with Gasteiger partial charge in [-0.05, 0) is 43.4 Å². The van der Waals surface area contributed by atoms with E-state index >= 15 is 0 Å². The molecule has 0 aliphatic heterocycles. The Morgan fingerprint density at radius 3 is 2.56 bits per heavy atom. The predicted molar refractivity (Wildman–Crippen MR) is 108 cm³/mol. The minimum atomic E-state index is -0.419. The highest BCUT2D eigenvalue weighted by Gasteiger charge is 2.17. The summed E-state index contributed by atoms with van der Waals surface area (Å²) in [5.74, 6) is -0.419. The lowest BCUT2D eigenvalue weighted by atomic mass is 10.0. The zero-order valence-corrected chi connectivity index (χ0v) is 15.8. The van der Waals surface area contributed by atoms with E-state index in [1.807, 2.05) is 30.3 Å². The number of aromatic nitrogens is 2. The summed E-state index contributed by atoms with van der Waals surface area (Å²) in [6.07, 6.45) is 6.79. The maximum atomic E-state index is 12.6. The molecule has 27 heavy (non-hydrogen) atoms. The van der Waals surface area contributed by atoms with Crippen molar-refractivity contribution in [1.82, 2.24) is 9.97 Å². The van der Waals surface area contributed by atoms with E-state index in [9.17, 15) is 9.59 Å². The molecule has 5 nitrogen and oxygen atoms in total. The van der Waals surface area contributed by atoms with Gasteiger partial charge in [0.25, 0.3) is 11.5 Å². The molecule has 1 aliphatic rings. The van der Waals surface area contributed by atoms with Crippen LogP contribution in [-0.4, -0.2) is 15.9 Å². The van der Waals surface area contributed by atoms with Crippen LogP contribution in [0.4, 0.5) is 5.13 Å². The van der Waals surface area contributed by atoms with Crippen LogP contribution in [0.3, 0.4) is 0 Å². The molecule has 6 heteroatoms. The van der Waals surface area contributed by atoms with Crippen molar-refractivity contribution in [2.45, 2.75) is 38.5 Å². The number of nitrogens with zero attached hydrogens (tertiary/aromatic N) is 1. The largest absolute Gasteiger partial charge is 0.321 e. The first kappa shape index (κ1) is 17.7. The standard InChI is InChI=1S/C21H21N3O2S/c25-19-15(12-13-16(22-19)14-8-4-3-5-9-14)20(26)24-21-23-17-10-6-1-2-7-11-18(17)27-21/h3-5,8-9,12-13H,1-2,6-7,10-11H2,(H,22,25)(H,23,24,26). The van der Waals surface area contributed by atoms with Crippen LogP contribution < -0.4 is 10.9 Å². The number of thiazole rings is 1. The molecule has 1 aromatic carbocycles. The van der Waals surface area contributed by atoms with Crippen molar-refractivity contribution < 1.29 is 4.79 Å². The van der Waals surface area contributed by atoms with Gasteiger partial charge in [0.1, 0.15) is 5.56 Å². The summed E-state index contributed by atoms with van der Waals surface area (Å²) >= 11 is 1.53. The van der Waals surface area contributed by atoms with Gasteiger partial charge in [-0.2, -0.15) is 0 Å². The van der Waals surface area contributed by atoms with Gasteiger partial charge in [-0.15, -0.1) is 11.3 Å². The molecule has 0 atom stereocenters. The third-order valence-corrected chi connectivity index (χ3v) is 5.88. The van der Waals surface area contributed by atoms with Gasteiger partial charge in [0.15, 0.2) is 5.13 Å². The number of benzene rings is 1. The van der Waals surface area contributed by atoms with E-state index in [1.54, 1.807) is 12.1 Å². The Morgan fingerprint density at radius 1 is 1.00 bits per heavy atom. The maximum absolute atomic E-state index is 12.6. The Balaban J connectivity index is 1.53. The van der Waals surface area contributed by atoms with Crippen LogP contribution in [0.25, 0.3) is 11.3 Å². The van der Waals surface area contributed by atoms with Crippen LogP contribution >= 0.6 is 11.3 Å². The van der Waals surface area contributed by atoms with Crippen molar-refractivity contribution in [2.24, 2.45) is 0 Å². The summed E-state index contributed by atoms with van der Waals surface area (Å²) in [6, 6.07) is 12.9. The number of hydrogen-bond acceptors (Lipinski definition) is 4. The maximum Gasteiger partial charge on any atom is 0.263 e. The Morgan fingerprint density at radius 2 is 1.78 bits per heavy atom. The number of pyridine rings is 1. The zero-order chi connectivity index (χ0) is 18.6. The molecule has 1 amide bonds. The second-order valence-electron chi connectivity index (χ2n) is 6.74. The zero-order valence-electron chi connectivity index (χ0n) is 15.0. The normalized spacial score (nSPS) is 14.1. The van der Waals surface area contributed by atoms with E-state index in [-0.39, 0.29) is 5.56 Å². The number of carbonyl (C=O) groups is 1. The molecular weight excluding hydrogens is 358 g/mol. The van der Waals surface area contributed by atoms with Crippen molar-refractivity contribution in [3.63, 3.8) is 0 Å². The molecule has 2 aromatic heterocycles. The summed E-state index contributed by atoms with van der Waals surface area (Å²) in [5, 5.41) is 3.39. The summed E-state index contributed by atoms with van der Waals surface area (Å²) in [6.45, 7) is 0. The van der Waals surface area contributed by atoms with Gasteiger partial charge in [-0.1, -0.05) is 43.2 Å². The Kier molecular flexibility index (Phi) is 5.16. The third-order valence-electron chi connectivity index (χ3n) is 4.81. The highest BCUT2D eigenvalue weighted by atomic mass is 32.1. The third kappa shape index (κ3) is 4.01. The molecule has 0 bridgehead atoms. The summed E-state index contributed by atoms with van der Waals surface area (Å²) in [5.41, 5.74) is 2.39. The number of aromatic amines is 1. The average Bonchev–Trinajstić information content (AvgIpc) is 3.02. The second kappa shape index (κ2) is 7.88. The molecule has 0 fully saturated rings. The fourth-order valence-electron chi connectivity index (χ4n) is 3.36. The minimum Gasteiger partial charge on any atom is -0.321 e. The van der Waals surface area contributed by atoms with Crippen molar-refractivity contribution in [3.05, 3.63) is 69.0 Å². The van der Waals surface area contributed by atoms with Gasteiger partial charge >= 0.3 is 0 Å². The van der Waals surface area contributed by atoms with Crippen molar-refractivity contribution in [1.29, 1.82) is 0 Å². The first-order valence-electron chi connectivity index (χ1n) is 9.29. The van der Waals surface area contributed by atoms with E-state index in [0.29, 0.717) is 10.8 Å². The van der Waals surface area contributed by atoms with Gasteiger partial charge < -0.3 is 4.98 Å². The van der Waals surface area contributed by atoms with Gasteiger partial charge in [0.05, 0.1) is 5.69 Å². The fourth-order valence-corrected chi connectivity index (χ4v) is 4.41. The van der Waals surface area contributed by atoms with Gasteiger partial charge in [-0.3, -0.25) is 14.9 Å². The SMILES string of the molecule is O=C(Nc1nc2c(s1)CCCCCC2)c1ccc(-c2ccccc2)[nH]c1=O. The van der Waals surface area contributed by atoms with E-state index in [4.69, 9.17) is 0 Å². The number of hydrogen-bond donors (Lipinski definition) is 2. The van der Waals surface area contributed by atoms with Crippen LogP contribution in [0.1, 0.15) is 46.6 Å². The molecule has 0 saturated carbocycles. The molecule has 4 rings (SSSR count). The summed E-state index contributed by atoms with van der Waals surface area (Å²) < 4.78 is 0. The summed E-state index contributed by atoms with van der Waals surface area (Å²) in [4.78, 5) is 33.6. The fraction of sp³-hybridized carbons (Fsp3) is 0.286. The number of aryl methyl sites for hydroxylation is 2. The van der Waals surface area contributed by atoms with Crippen LogP contribution in [0, 0.1) is 0 Å². The molecule has 138 valence electrons. The van der Waals surface area contributed by atoms with Crippen LogP contribution in [0.5, 0.6) is 0 Å². The van der Waals surface area contributed by atoms with Gasteiger partial charge in [0.2, 0.25) is 0 Å². The first-order valence-corrected chi connectivity index (χ1v) is 10.1. The van der Waals surface area contributed by atoms with Gasteiger partial charge in [-0.25, -0.2) is 4.98 Å². The summed E-state index contributed by atoms with van der Waals surface area (Å²) in [7, 11) is 0. The Hall–Kier alpha value is -2.73. The molecular formula is C21H21N3O2S. The number of fused-ring (bicyclic) bond motifs is 1. The molecule has 2 heterocycles. The van der Waals surface area contributed by atoms with E-state index in [1.165, 1.54) is 35.5 Å². The first-order chi connectivity index (χ1) is 13.2. The Bertz CT molecular complexity index is 982. The monoisotopic (exact) mass is 379 g/mol. The number of nitrogens with one attached hydrogen (secondary N) is 2. The number of amides is 1. The highest BCUT2D eigenvalue weighted by Crippen LogP contribution is 2.28. The average molecular weight is 379 g/mol. The number of H-pyrrole nitrogens is 1. The number of rotatable bonds is 3. The lowest BCUT2D eigenvalue weighted by molar-refractivity contribution is 0.102. The topological polar surface area (TPSA) is 74.8 Å². The van der Waals surface area contributed by atoms with Crippen LogP contribution in [0.15, 0.2) is 47.3 Å². The van der Waals surface area contributed by atoms with E-state index in [2.05, 4.69) is 15.3 Å².